The fourth-order valence-corrected chi connectivity index (χ4v) is 2.33. The average molecular weight is 253 g/mol. The largest absolute Gasteiger partial charge is 0.382 e. The van der Waals surface area contributed by atoms with Crippen LogP contribution in [0.25, 0.3) is 22.2 Å². The Labute approximate surface area is 111 Å². The number of rotatable bonds is 1. The van der Waals surface area contributed by atoms with Crippen molar-refractivity contribution in [3.63, 3.8) is 0 Å². The number of anilines is 1. The normalized spacial score (nSPS) is 11.1. The summed E-state index contributed by atoms with van der Waals surface area (Å²) in [5.41, 5.74) is 10.8. The van der Waals surface area contributed by atoms with E-state index in [4.69, 9.17) is 5.73 Å². The summed E-state index contributed by atoms with van der Waals surface area (Å²) in [5.74, 6) is 0.509. The van der Waals surface area contributed by atoms with Crippen LogP contribution in [0, 0.1) is 13.8 Å². The fourth-order valence-electron chi connectivity index (χ4n) is 2.33. The SMILES string of the molecule is Cc1cc(-c2cnc3c(c2)c(N)nn3C)cc(C)n1. The highest BCUT2D eigenvalue weighted by molar-refractivity contribution is 5.89. The lowest BCUT2D eigenvalue weighted by Gasteiger charge is -2.04. The van der Waals surface area contributed by atoms with Crippen LogP contribution >= 0.6 is 0 Å². The Kier molecular flexibility index (Phi) is 2.48. The maximum atomic E-state index is 5.90. The first kappa shape index (κ1) is 11.6. The van der Waals surface area contributed by atoms with Crippen molar-refractivity contribution in [2.24, 2.45) is 7.05 Å². The summed E-state index contributed by atoms with van der Waals surface area (Å²) < 4.78 is 1.69. The highest BCUT2D eigenvalue weighted by Gasteiger charge is 2.09. The van der Waals surface area contributed by atoms with Crippen LogP contribution in [0.5, 0.6) is 0 Å². The molecule has 3 aromatic rings. The van der Waals surface area contributed by atoms with E-state index in [2.05, 4.69) is 15.1 Å². The second kappa shape index (κ2) is 4.05. The van der Waals surface area contributed by atoms with Gasteiger partial charge in [0.1, 0.15) is 0 Å². The van der Waals surface area contributed by atoms with E-state index in [1.165, 1.54) is 0 Å². The molecule has 0 spiro atoms. The molecule has 96 valence electrons. The zero-order valence-electron chi connectivity index (χ0n) is 11.2. The summed E-state index contributed by atoms with van der Waals surface area (Å²) in [5, 5.41) is 5.06. The highest BCUT2D eigenvalue weighted by atomic mass is 15.3. The van der Waals surface area contributed by atoms with E-state index >= 15 is 0 Å². The van der Waals surface area contributed by atoms with Gasteiger partial charge in [0.2, 0.25) is 0 Å². The molecule has 0 fully saturated rings. The third kappa shape index (κ3) is 1.93. The standard InChI is InChI=1S/C14H15N5/c1-8-4-10(5-9(2)17-8)11-6-12-13(15)18-19(3)14(12)16-7-11/h4-7H,1-3H3,(H2,15,18). The molecule has 0 amide bonds. The molecule has 0 aliphatic carbocycles. The molecule has 5 nitrogen and oxygen atoms in total. The van der Waals surface area contributed by atoms with Crippen LogP contribution in [0.15, 0.2) is 24.4 Å². The van der Waals surface area contributed by atoms with Gasteiger partial charge in [-0.3, -0.25) is 4.98 Å². The lowest BCUT2D eigenvalue weighted by Crippen LogP contribution is -1.93. The van der Waals surface area contributed by atoms with Crippen molar-refractivity contribution in [3.8, 4) is 11.1 Å². The van der Waals surface area contributed by atoms with Gasteiger partial charge in [-0.1, -0.05) is 0 Å². The number of nitrogens with two attached hydrogens (primary N) is 1. The number of nitrogen functional groups attached to an aromatic ring is 1. The van der Waals surface area contributed by atoms with Crippen molar-refractivity contribution in [1.82, 2.24) is 19.7 Å². The molecule has 0 aromatic carbocycles. The lowest BCUT2D eigenvalue weighted by molar-refractivity contribution is 0.791. The molecule has 19 heavy (non-hydrogen) atoms. The van der Waals surface area contributed by atoms with Crippen LogP contribution in [0.1, 0.15) is 11.4 Å². The number of aromatic nitrogens is 4. The third-order valence-electron chi connectivity index (χ3n) is 3.12. The van der Waals surface area contributed by atoms with Gasteiger partial charge >= 0.3 is 0 Å². The van der Waals surface area contributed by atoms with Gasteiger partial charge in [-0.2, -0.15) is 5.10 Å². The Balaban J connectivity index is 2.22. The van der Waals surface area contributed by atoms with Crippen LogP contribution in [0.3, 0.4) is 0 Å². The lowest BCUT2D eigenvalue weighted by atomic mass is 10.1. The van der Waals surface area contributed by atoms with Crippen molar-refractivity contribution in [2.45, 2.75) is 13.8 Å². The van der Waals surface area contributed by atoms with Crippen LogP contribution in [-0.2, 0) is 7.05 Å². The Morgan fingerprint density at radius 2 is 1.74 bits per heavy atom. The van der Waals surface area contributed by atoms with Crippen LogP contribution in [0.4, 0.5) is 5.82 Å². The summed E-state index contributed by atoms with van der Waals surface area (Å²) in [6.45, 7) is 3.97. The second-order valence-electron chi connectivity index (χ2n) is 4.74. The van der Waals surface area contributed by atoms with Crippen molar-refractivity contribution in [3.05, 3.63) is 35.8 Å². The minimum atomic E-state index is 0.509. The first-order chi connectivity index (χ1) is 9.04. The number of fused-ring (bicyclic) bond motifs is 1. The van der Waals surface area contributed by atoms with E-state index in [1.807, 2.05) is 45.3 Å². The van der Waals surface area contributed by atoms with E-state index in [0.29, 0.717) is 5.82 Å². The number of pyridine rings is 2. The van der Waals surface area contributed by atoms with Crippen molar-refractivity contribution in [1.29, 1.82) is 0 Å². The Morgan fingerprint density at radius 3 is 2.42 bits per heavy atom. The predicted octanol–water partition coefficient (Wildman–Crippen LogP) is 2.23. The Morgan fingerprint density at radius 1 is 1.05 bits per heavy atom. The van der Waals surface area contributed by atoms with Crippen LogP contribution in [-0.4, -0.2) is 19.7 Å². The molecule has 3 heterocycles. The summed E-state index contributed by atoms with van der Waals surface area (Å²) >= 11 is 0. The van der Waals surface area contributed by atoms with E-state index in [1.54, 1.807) is 4.68 Å². The average Bonchev–Trinajstić information content (AvgIpc) is 2.63. The zero-order valence-corrected chi connectivity index (χ0v) is 11.2. The number of nitrogens with zero attached hydrogens (tertiary/aromatic N) is 4. The van der Waals surface area contributed by atoms with Gasteiger partial charge in [0.25, 0.3) is 0 Å². The van der Waals surface area contributed by atoms with Gasteiger partial charge in [0, 0.05) is 30.2 Å². The zero-order chi connectivity index (χ0) is 13.6. The summed E-state index contributed by atoms with van der Waals surface area (Å²) in [6.07, 6.45) is 1.84. The molecular formula is C14H15N5. The molecule has 0 saturated heterocycles. The number of hydrogen-bond acceptors (Lipinski definition) is 4. The minimum Gasteiger partial charge on any atom is -0.382 e. The fraction of sp³-hybridized carbons (Fsp3) is 0.214. The van der Waals surface area contributed by atoms with Crippen molar-refractivity contribution >= 4 is 16.9 Å². The molecule has 0 aliphatic heterocycles. The molecular weight excluding hydrogens is 238 g/mol. The third-order valence-corrected chi connectivity index (χ3v) is 3.12. The molecule has 0 bridgehead atoms. The number of aryl methyl sites for hydroxylation is 3. The second-order valence-corrected chi connectivity index (χ2v) is 4.74. The monoisotopic (exact) mass is 253 g/mol. The maximum absolute atomic E-state index is 5.90. The summed E-state index contributed by atoms with van der Waals surface area (Å²) in [4.78, 5) is 8.82. The van der Waals surface area contributed by atoms with Gasteiger partial charge in [-0.15, -0.1) is 0 Å². The minimum absolute atomic E-state index is 0.509. The summed E-state index contributed by atoms with van der Waals surface area (Å²) in [6, 6.07) is 6.11. The van der Waals surface area contributed by atoms with E-state index in [9.17, 15) is 0 Å². The summed E-state index contributed by atoms with van der Waals surface area (Å²) in [7, 11) is 1.84. The molecule has 2 N–H and O–H groups in total. The van der Waals surface area contributed by atoms with Crippen LogP contribution < -0.4 is 5.73 Å². The topological polar surface area (TPSA) is 69.6 Å². The molecule has 0 aliphatic rings. The molecule has 0 saturated carbocycles. The molecule has 3 rings (SSSR count). The highest BCUT2D eigenvalue weighted by Crippen LogP contribution is 2.26. The predicted molar refractivity (Wildman–Crippen MR) is 75.6 cm³/mol. The molecule has 5 heteroatoms. The van der Waals surface area contributed by atoms with Crippen LogP contribution in [0.2, 0.25) is 0 Å². The first-order valence-corrected chi connectivity index (χ1v) is 6.08. The number of hydrogen-bond donors (Lipinski definition) is 1. The van der Waals surface area contributed by atoms with Gasteiger partial charge < -0.3 is 5.73 Å². The smallest absolute Gasteiger partial charge is 0.159 e. The van der Waals surface area contributed by atoms with E-state index in [0.717, 1.165) is 33.5 Å². The van der Waals surface area contributed by atoms with Gasteiger partial charge in [0.05, 0.1) is 5.39 Å². The molecule has 0 radical (unpaired) electrons. The van der Waals surface area contributed by atoms with E-state index in [-0.39, 0.29) is 0 Å². The Hall–Kier alpha value is -2.43. The quantitative estimate of drug-likeness (QED) is 0.722. The van der Waals surface area contributed by atoms with Gasteiger partial charge in [0.15, 0.2) is 11.5 Å². The molecule has 3 aromatic heterocycles. The van der Waals surface area contributed by atoms with E-state index < -0.39 is 0 Å². The van der Waals surface area contributed by atoms with Crippen molar-refractivity contribution in [2.75, 3.05) is 5.73 Å². The molecule has 0 atom stereocenters. The van der Waals surface area contributed by atoms with Gasteiger partial charge in [-0.05, 0) is 37.6 Å². The maximum Gasteiger partial charge on any atom is 0.159 e. The van der Waals surface area contributed by atoms with Crippen molar-refractivity contribution < 1.29 is 0 Å². The molecule has 0 unspecified atom stereocenters. The first-order valence-electron chi connectivity index (χ1n) is 6.08. The Bertz CT molecular complexity index is 753. The van der Waals surface area contributed by atoms with Gasteiger partial charge in [-0.25, -0.2) is 9.67 Å².